The number of carbonyl (C=O) groups is 1. The summed E-state index contributed by atoms with van der Waals surface area (Å²) >= 11 is 1.25. The number of rotatable bonds is 5. The molecule has 4 rings (SSSR count). The Hall–Kier alpha value is -2.94. The first-order chi connectivity index (χ1) is 13.5. The van der Waals surface area contributed by atoms with Crippen LogP contribution in [0.2, 0.25) is 0 Å². The van der Waals surface area contributed by atoms with Crippen molar-refractivity contribution < 1.29 is 13.9 Å². The van der Waals surface area contributed by atoms with Crippen molar-refractivity contribution in [3.05, 3.63) is 40.8 Å². The number of ether oxygens (including phenoxy) is 1. The maximum atomic E-state index is 13.7. The molecule has 1 amide bonds. The average Bonchev–Trinajstić information content (AvgIpc) is 3.14. The minimum atomic E-state index is -0.890. The van der Waals surface area contributed by atoms with Crippen molar-refractivity contribution >= 4 is 17.2 Å². The number of nitrogens with two attached hydrogens (primary N) is 1. The maximum Gasteiger partial charge on any atom is 0.251 e. The van der Waals surface area contributed by atoms with Gasteiger partial charge in [-0.2, -0.15) is 0 Å². The predicted octanol–water partition coefficient (Wildman–Crippen LogP) is 3.29. The van der Waals surface area contributed by atoms with Crippen LogP contribution in [0.5, 0.6) is 5.75 Å². The Bertz CT molecular complexity index is 1050. The van der Waals surface area contributed by atoms with Gasteiger partial charge in [0.15, 0.2) is 5.01 Å². The molecule has 0 aromatic carbocycles. The largest absolute Gasteiger partial charge is 0.494 e. The summed E-state index contributed by atoms with van der Waals surface area (Å²) in [6.07, 6.45) is 3.58. The molecule has 3 heterocycles. The van der Waals surface area contributed by atoms with Crippen LogP contribution in [-0.4, -0.2) is 39.4 Å². The highest BCUT2D eigenvalue weighted by atomic mass is 32.1. The van der Waals surface area contributed by atoms with Gasteiger partial charge in [0.05, 0.1) is 18.9 Å². The number of methoxy groups -OCH3 is 1. The highest BCUT2D eigenvalue weighted by molar-refractivity contribution is 7.14. The lowest BCUT2D eigenvalue weighted by atomic mass is 9.84. The fourth-order valence-corrected chi connectivity index (χ4v) is 4.30. The van der Waals surface area contributed by atoms with Crippen molar-refractivity contribution in [2.24, 2.45) is 5.73 Å². The van der Waals surface area contributed by atoms with Crippen LogP contribution in [0.4, 0.5) is 4.39 Å². The lowest BCUT2D eigenvalue weighted by Crippen LogP contribution is -2.24. The summed E-state index contributed by atoms with van der Waals surface area (Å²) in [5.74, 6) is -0.359. The van der Waals surface area contributed by atoms with Crippen molar-refractivity contribution in [1.82, 2.24) is 20.2 Å². The highest BCUT2D eigenvalue weighted by Gasteiger charge is 2.35. The molecule has 0 bridgehead atoms. The Morgan fingerprint density at radius 3 is 2.79 bits per heavy atom. The molecule has 0 spiro atoms. The molecule has 28 heavy (non-hydrogen) atoms. The second-order valence-corrected chi connectivity index (χ2v) is 7.63. The van der Waals surface area contributed by atoms with Crippen LogP contribution < -0.4 is 10.5 Å². The third kappa shape index (κ3) is 3.11. The molecule has 1 aliphatic carbocycles. The van der Waals surface area contributed by atoms with Crippen molar-refractivity contribution in [3.8, 4) is 27.6 Å². The van der Waals surface area contributed by atoms with Gasteiger partial charge in [0.2, 0.25) is 0 Å². The second kappa shape index (κ2) is 7.23. The average molecular weight is 399 g/mol. The smallest absolute Gasteiger partial charge is 0.251 e. The van der Waals surface area contributed by atoms with E-state index in [9.17, 15) is 9.18 Å². The molecule has 3 aromatic heterocycles. The first kappa shape index (κ1) is 18.4. The molecule has 144 valence electrons. The van der Waals surface area contributed by atoms with Gasteiger partial charge in [-0.25, -0.2) is 9.37 Å². The fraction of sp³-hybridized carbons (Fsp3) is 0.316. The Balaban J connectivity index is 1.89. The second-order valence-electron chi connectivity index (χ2n) is 6.62. The van der Waals surface area contributed by atoms with Crippen molar-refractivity contribution in [3.63, 3.8) is 0 Å². The van der Waals surface area contributed by atoms with E-state index >= 15 is 0 Å². The zero-order valence-corrected chi connectivity index (χ0v) is 16.2. The standard InChI is InChI=1S/C19H18FN5O2S/c1-9-7-12(10-5-6-22-8-14(10)27-2)15(17(21)26)16(23-9)19-25-24-18(28-19)11-3-4-13(11)20/h5-8,11,13H,3-4H2,1-2H3,(H2,21,26)/t11-,13+/m0/s1. The first-order valence-electron chi connectivity index (χ1n) is 8.77. The molecule has 1 aliphatic rings. The number of primary amides is 1. The Labute approximate surface area is 164 Å². The van der Waals surface area contributed by atoms with Crippen molar-refractivity contribution in [2.75, 3.05) is 7.11 Å². The van der Waals surface area contributed by atoms with Crippen LogP contribution in [0.1, 0.15) is 39.8 Å². The Morgan fingerprint density at radius 2 is 2.14 bits per heavy atom. The molecule has 3 aromatic rings. The van der Waals surface area contributed by atoms with Gasteiger partial charge in [-0.1, -0.05) is 11.3 Å². The van der Waals surface area contributed by atoms with Crippen LogP contribution in [0.15, 0.2) is 24.5 Å². The molecule has 1 saturated carbocycles. The molecular weight excluding hydrogens is 381 g/mol. The van der Waals surface area contributed by atoms with E-state index in [0.717, 1.165) is 6.42 Å². The van der Waals surface area contributed by atoms with Crippen LogP contribution >= 0.6 is 11.3 Å². The summed E-state index contributed by atoms with van der Waals surface area (Å²) in [6, 6.07) is 3.52. The number of pyridine rings is 2. The van der Waals surface area contributed by atoms with Gasteiger partial charge in [0.1, 0.15) is 22.6 Å². The summed E-state index contributed by atoms with van der Waals surface area (Å²) in [5.41, 5.74) is 8.22. The SMILES string of the molecule is COc1cnccc1-c1cc(C)nc(-c2nnc([C@H]3CC[C@H]3F)s2)c1C(N)=O. The molecule has 1 fully saturated rings. The number of aromatic nitrogens is 4. The summed E-state index contributed by atoms with van der Waals surface area (Å²) in [6.45, 7) is 1.82. The Kier molecular flexibility index (Phi) is 4.76. The zero-order chi connectivity index (χ0) is 19.8. The number of alkyl halides is 1. The number of hydrogen-bond acceptors (Lipinski definition) is 7. The van der Waals surface area contributed by atoms with Crippen molar-refractivity contribution in [2.45, 2.75) is 31.9 Å². The molecule has 0 saturated heterocycles. The fourth-order valence-electron chi connectivity index (χ4n) is 3.27. The van der Waals surface area contributed by atoms with Crippen LogP contribution in [0.3, 0.4) is 0 Å². The molecule has 9 heteroatoms. The number of halogens is 1. The van der Waals surface area contributed by atoms with Gasteiger partial charge in [-0.05, 0) is 31.9 Å². The van der Waals surface area contributed by atoms with E-state index in [0.29, 0.717) is 44.7 Å². The minimum absolute atomic E-state index is 0.225. The molecule has 2 atom stereocenters. The molecule has 0 radical (unpaired) electrons. The van der Waals surface area contributed by atoms with Gasteiger partial charge in [0, 0.05) is 28.9 Å². The number of aryl methyl sites for hydroxylation is 1. The topological polar surface area (TPSA) is 104 Å². The lowest BCUT2D eigenvalue weighted by Gasteiger charge is -2.27. The summed E-state index contributed by atoms with van der Waals surface area (Å²) in [7, 11) is 1.53. The normalized spacial score (nSPS) is 18.5. The summed E-state index contributed by atoms with van der Waals surface area (Å²) in [5, 5.41) is 9.37. The third-order valence-electron chi connectivity index (χ3n) is 4.84. The van der Waals surface area contributed by atoms with E-state index in [1.165, 1.54) is 18.4 Å². The van der Waals surface area contributed by atoms with Crippen LogP contribution in [-0.2, 0) is 0 Å². The van der Waals surface area contributed by atoms with E-state index in [4.69, 9.17) is 10.5 Å². The van der Waals surface area contributed by atoms with Crippen LogP contribution in [0, 0.1) is 6.92 Å². The van der Waals surface area contributed by atoms with Gasteiger partial charge >= 0.3 is 0 Å². The van der Waals surface area contributed by atoms with E-state index < -0.39 is 12.1 Å². The lowest BCUT2D eigenvalue weighted by molar-refractivity contribution is 0.100. The molecule has 7 nitrogen and oxygen atoms in total. The maximum absolute atomic E-state index is 13.7. The van der Waals surface area contributed by atoms with Crippen molar-refractivity contribution in [1.29, 1.82) is 0 Å². The van der Waals surface area contributed by atoms with E-state index in [1.807, 2.05) is 6.92 Å². The zero-order valence-electron chi connectivity index (χ0n) is 15.3. The number of nitrogens with zero attached hydrogens (tertiary/aromatic N) is 4. The monoisotopic (exact) mass is 399 g/mol. The third-order valence-corrected chi connectivity index (χ3v) is 5.90. The van der Waals surface area contributed by atoms with Gasteiger partial charge in [-0.15, -0.1) is 10.2 Å². The van der Waals surface area contributed by atoms with E-state index in [-0.39, 0.29) is 11.5 Å². The van der Waals surface area contributed by atoms with E-state index in [1.54, 1.807) is 24.5 Å². The molecule has 0 unspecified atom stereocenters. The Morgan fingerprint density at radius 1 is 1.32 bits per heavy atom. The van der Waals surface area contributed by atoms with Gasteiger partial charge < -0.3 is 10.5 Å². The van der Waals surface area contributed by atoms with Crippen LogP contribution in [0.25, 0.3) is 21.8 Å². The quantitative estimate of drug-likeness (QED) is 0.706. The summed E-state index contributed by atoms with van der Waals surface area (Å²) in [4.78, 5) is 20.9. The minimum Gasteiger partial charge on any atom is -0.494 e. The number of amides is 1. The molecule has 0 aliphatic heterocycles. The number of hydrogen-bond donors (Lipinski definition) is 1. The predicted molar refractivity (Wildman–Crippen MR) is 103 cm³/mol. The molecule has 2 N–H and O–H groups in total. The van der Waals surface area contributed by atoms with Gasteiger partial charge in [0.25, 0.3) is 5.91 Å². The molecular formula is C19H18FN5O2S. The first-order valence-corrected chi connectivity index (χ1v) is 9.59. The highest BCUT2D eigenvalue weighted by Crippen LogP contribution is 2.43. The van der Waals surface area contributed by atoms with E-state index in [2.05, 4.69) is 20.2 Å². The summed E-state index contributed by atoms with van der Waals surface area (Å²) < 4.78 is 19.1. The van der Waals surface area contributed by atoms with Gasteiger partial charge in [-0.3, -0.25) is 9.78 Å². The number of carbonyl (C=O) groups excluding carboxylic acids is 1.